The second kappa shape index (κ2) is 3.69. The zero-order valence-corrected chi connectivity index (χ0v) is 6.74. The quantitative estimate of drug-likeness (QED) is 0.531. The van der Waals surface area contributed by atoms with E-state index < -0.39 is 0 Å². The van der Waals surface area contributed by atoms with Crippen LogP contribution in [0.5, 0.6) is 5.75 Å². The number of carbonyl (C=O) groups excluding carboxylic acids is 1. The third-order valence-electron chi connectivity index (χ3n) is 1.64. The Kier molecular flexibility index (Phi) is 2.62. The van der Waals surface area contributed by atoms with Crippen LogP contribution in [0.15, 0.2) is 23.2 Å². The molecule has 12 heavy (non-hydrogen) atoms. The van der Waals surface area contributed by atoms with Crippen molar-refractivity contribution in [3.05, 3.63) is 29.3 Å². The van der Waals surface area contributed by atoms with E-state index in [4.69, 9.17) is 5.11 Å². The summed E-state index contributed by atoms with van der Waals surface area (Å²) in [6.45, 7) is 2.19. The number of aliphatic imine (C=N–C) groups is 1. The normalized spacial score (nSPS) is 9.08. The van der Waals surface area contributed by atoms with Crippen LogP contribution in [0, 0.1) is 6.92 Å². The standard InChI is InChI=1S/C9H9NO2/c1-7-4-9(12)3-2-8(7)5-10-6-11/h2-4,12H,5H2,1H3. The molecule has 3 nitrogen and oxygen atoms in total. The van der Waals surface area contributed by atoms with Crippen LogP contribution in [0.2, 0.25) is 0 Å². The number of aryl methyl sites for hydroxylation is 1. The Balaban J connectivity index is 2.93. The predicted molar refractivity (Wildman–Crippen MR) is 44.7 cm³/mol. The first-order valence-electron chi connectivity index (χ1n) is 3.56. The van der Waals surface area contributed by atoms with Gasteiger partial charge in [-0.2, -0.15) is 0 Å². The third kappa shape index (κ3) is 1.94. The fourth-order valence-electron chi connectivity index (χ4n) is 0.975. The summed E-state index contributed by atoms with van der Waals surface area (Å²) in [5.74, 6) is 0.228. The van der Waals surface area contributed by atoms with Crippen molar-refractivity contribution >= 4 is 6.08 Å². The summed E-state index contributed by atoms with van der Waals surface area (Å²) < 4.78 is 0. The third-order valence-corrected chi connectivity index (χ3v) is 1.64. The SMILES string of the molecule is Cc1cc(O)ccc1CN=C=O. The highest BCUT2D eigenvalue weighted by molar-refractivity contribution is 5.37. The Morgan fingerprint density at radius 1 is 1.58 bits per heavy atom. The molecule has 0 amide bonds. The van der Waals surface area contributed by atoms with Crippen LogP contribution in [0.25, 0.3) is 0 Å². The smallest absolute Gasteiger partial charge is 0.235 e. The number of hydrogen-bond donors (Lipinski definition) is 1. The highest BCUT2D eigenvalue weighted by Gasteiger charge is 1.97. The molecule has 62 valence electrons. The Bertz CT molecular complexity index is 327. The van der Waals surface area contributed by atoms with Crippen LogP contribution >= 0.6 is 0 Å². The Labute approximate surface area is 70.4 Å². The van der Waals surface area contributed by atoms with E-state index in [9.17, 15) is 4.79 Å². The molecule has 0 aliphatic carbocycles. The molecule has 0 aliphatic rings. The summed E-state index contributed by atoms with van der Waals surface area (Å²) >= 11 is 0. The lowest BCUT2D eigenvalue weighted by atomic mass is 10.1. The Morgan fingerprint density at radius 2 is 2.33 bits per heavy atom. The summed E-state index contributed by atoms with van der Waals surface area (Å²) in [4.78, 5) is 13.3. The number of rotatable bonds is 2. The number of phenols is 1. The van der Waals surface area contributed by atoms with Gasteiger partial charge in [0, 0.05) is 0 Å². The van der Waals surface area contributed by atoms with Crippen molar-refractivity contribution in [3.63, 3.8) is 0 Å². The van der Waals surface area contributed by atoms with Crippen molar-refractivity contribution in [2.75, 3.05) is 0 Å². The first kappa shape index (κ1) is 8.50. The van der Waals surface area contributed by atoms with Gasteiger partial charge in [0.05, 0.1) is 6.54 Å². The molecular weight excluding hydrogens is 154 g/mol. The van der Waals surface area contributed by atoms with E-state index in [1.807, 2.05) is 6.92 Å². The zero-order valence-electron chi connectivity index (χ0n) is 6.74. The van der Waals surface area contributed by atoms with Gasteiger partial charge in [-0.25, -0.2) is 9.79 Å². The molecule has 0 saturated heterocycles. The maximum Gasteiger partial charge on any atom is 0.235 e. The van der Waals surface area contributed by atoms with E-state index in [1.54, 1.807) is 18.2 Å². The molecule has 0 aromatic heterocycles. The largest absolute Gasteiger partial charge is 0.508 e. The van der Waals surface area contributed by atoms with Crippen molar-refractivity contribution in [1.29, 1.82) is 0 Å². The van der Waals surface area contributed by atoms with Crippen molar-refractivity contribution in [2.45, 2.75) is 13.5 Å². The average Bonchev–Trinajstić information content (AvgIpc) is 2.03. The summed E-state index contributed by atoms with van der Waals surface area (Å²) in [6.07, 6.45) is 1.47. The molecule has 0 fully saturated rings. The van der Waals surface area contributed by atoms with Crippen LogP contribution in [-0.4, -0.2) is 11.2 Å². The molecule has 1 aromatic rings. The molecule has 0 bridgehead atoms. The molecule has 0 unspecified atom stereocenters. The highest BCUT2D eigenvalue weighted by Crippen LogP contribution is 2.15. The molecule has 0 heterocycles. The van der Waals surface area contributed by atoms with E-state index in [0.717, 1.165) is 11.1 Å². The lowest BCUT2D eigenvalue weighted by molar-refractivity contribution is 0.474. The highest BCUT2D eigenvalue weighted by atomic mass is 16.3. The molecular formula is C9H9NO2. The Morgan fingerprint density at radius 3 is 2.92 bits per heavy atom. The summed E-state index contributed by atoms with van der Waals surface area (Å²) in [5, 5.41) is 9.05. The summed E-state index contributed by atoms with van der Waals surface area (Å²) in [5.41, 5.74) is 1.85. The van der Waals surface area contributed by atoms with Gasteiger partial charge in [0.2, 0.25) is 6.08 Å². The molecule has 0 radical (unpaired) electrons. The van der Waals surface area contributed by atoms with Crippen LogP contribution in [-0.2, 0) is 11.3 Å². The molecule has 3 heteroatoms. The van der Waals surface area contributed by atoms with E-state index in [-0.39, 0.29) is 5.75 Å². The van der Waals surface area contributed by atoms with Crippen LogP contribution in [0.4, 0.5) is 0 Å². The van der Waals surface area contributed by atoms with Crippen molar-refractivity contribution in [2.24, 2.45) is 4.99 Å². The molecule has 1 aromatic carbocycles. The monoisotopic (exact) mass is 163 g/mol. The van der Waals surface area contributed by atoms with Gasteiger partial charge in [0.15, 0.2) is 0 Å². The minimum Gasteiger partial charge on any atom is -0.508 e. The van der Waals surface area contributed by atoms with Gasteiger partial charge in [-0.3, -0.25) is 0 Å². The van der Waals surface area contributed by atoms with E-state index in [2.05, 4.69) is 4.99 Å². The number of hydrogen-bond acceptors (Lipinski definition) is 3. The summed E-state index contributed by atoms with van der Waals surface area (Å²) in [6, 6.07) is 4.95. The first-order chi connectivity index (χ1) is 5.74. The van der Waals surface area contributed by atoms with Gasteiger partial charge in [0.25, 0.3) is 0 Å². The number of isocyanates is 1. The molecule has 0 atom stereocenters. The second-order valence-electron chi connectivity index (χ2n) is 2.52. The van der Waals surface area contributed by atoms with Gasteiger partial charge in [-0.15, -0.1) is 0 Å². The van der Waals surface area contributed by atoms with Crippen LogP contribution < -0.4 is 0 Å². The number of phenolic OH excluding ortho intramolecular Hbond substituents is 1. The lowest BCUT2D eigenvalue weighted by Crippen LogP contribution is -1.85. The van der Waals surface area contributed by atoms with Crippen LogP contribution in [0.1, 0.15) is 11.1 Å². The van der Waals surface area contributed by atoms with E-state index in [1.165, 1.54) is 6.08 Å². The van der Waals surface area contributed by atoms with E-state index >= 15 is 0 Å². The molecule has 1 N–H and O–H groups in total. The van der Waals surface area contributed by atoms with Gasteiger partial charge in [-0.05, 0) is 30.2 Å². The topological polar surface area (TPSA) is 49.7 Å². The molecule has 1 rings (SSSR count). The molecule has 0 saturated carbocycles. The molecule has 0 spiro atoms. The first-order valence-corrected chi connectivity index (χ1v) is 3.56. The fourth-order valence-corrected chi connectivity index (χ4v) is 0.975. The fraction of sp³-hybridized carbons (Fsp3) is 0.222. The number of aromatic hydroxyl groups is 1. The average molecular weight is 163 g/mol. The van der Waals surface area contributed by atoms with Gasteiger partial charge < -0.3 is 5.11 Å². The second-order valence-corrected chi connectivity index (χ2v) is 2.52. The number of nitrogens with zero attached hydrogens (tertiary/aromatic N) is 1. The lowest BCUT2D eigenvalue weighted by Gasteiger charge is -2.00. The minimum atomic E-state index is 0.228. The van der Waals surface area contributed by atoms with Crippen molar-refractivity contribution < 1.29 is 9.90 Å². The van der Waals surface area contributed by atoms with Gasteiger partial charge in [0.1, 0.15) is 5.75 Å². The van der Waals surface area contributed by atoms with E-state index in [0.29, 0.717) is 6.54 Å². The summed E-state index contributed by atoms with van der Waals surface area (Å²) in [7, 11) is 0. The predicted octanol–water partition coefficient (Wildman–Crippen LogP) is 1.54. The van der Waals surface area contributed by atoms with Crippen LogP contribution in [0.3, 0.4) is 0 Å². The van der Waals surface area contributed by atoms with Gasteiger partial charge in [-0.1, -0.05) is 6.07 Å². The Hall–Kier alpha value is -1.60. The maximum absolute atomic E-state index is 9.82. The molecule has 0 aliphatic heterocycles. The zero-order chi connectivity index (χ0) is 8.97. The minimum absolute atomic E-state index is 0.228. The van der Waals surface area contributed by atoms with Crippen molar-refractivity contribution in [1.82, 2.24) is 0 Å². The van der Waals surface area contributed by atoms with Crippen molar-refractivity contribution in [3.8, 4) is 5.75 Å². The van der Waals surface area contributed by atoms with Gasteiger partial charge >= 0.3 is 0 Å². The maximum atomic E-state index is 9.82. The number of benzene rings is 1.